The molecule has 0 radical (unpaired) electrons. The van der Waals surface area contributed by atoms with Crippen LogP contribution in [0.5, 0.6) is 0 Å². The summed E-state index contributed by atoms with van der Waals surface area (Å²) in [5, 5.41) is 0. The van der Waals surface area contributed by atoms with Crippen LogP contribution in [0.1, 0.15) is 48.7 Å². The highest BCUT2D eigenvalue weighted by atomic mass is 16.2. The van der Waals surface area contributed by atoms with Gasteiger partial charge in [0, 0.05) is 37.1 Å². The Balaban J connectivity index is 1.48. The summed E-state index contributed by atoms with van der Waals surface area (Å²) in [5.74, 6) is -0.0462. The van der Waals surface area contributed by atoms with Crippen molar-refractivity contribution in [3.8, 4) is 11.1 Å². The van der Waals surface area contributed by atoms with Crippen molar-refractivity contribution in [3.05, 3.63) is 84.2 Å². The lowest BCUT2D eigenvalue weighted by Gasteiger charge is -2.28. The van der Waals surface area contributed by atoms with Crippen LogP contribution in [0.4, 0.5) is 0 Å². The summed E-state index contributed by atoms with van der Waals surface area (Å²) >= 11 is 0. The molecule has 1 fully saturated rings. The Morgan fingerprint density at radius 2 is 1.64 bits per heavy atom. The highest BCUT2D eigenvalue weighted by molar-refractivity contribution is 5.97. The van der Waals surface area contributed by atoms with Crippen molar-refractivity contribution in [1.29, 1.82) is 0 Å². The van der Waals surface area contributed by atoms with E-state index in [1.54, 1.807) is 4.90 Å². The molecule has 0 bridgehead atoms. The number of aromatic nitrogens is 1. The fraction of sp³-hybridized carbons (Fsp3) is 0.357. The Kier molecular flexibility index (Phi) is 7.28. The molecule has 1 aliphatic rings. The van der Waals surface area contributed by atoms with Crippen molar-refractivity contribution in [2.45, 2.75) is 45.2 Å². The summed E-state index contributed by atoms with van der Waals surface area (Å²) < 4.78 is 2.05. The van der Waals surface area contributed by atoms with E-state index in [4.69, 9.17) is 0 Å². The monoisotopic (exact) mass is 443 g/mol. The molecule has 3 aromatic rings. The third-order valence-corrected chi connectivity index (χ3v) is 6.33. The van der Waals surface area contributed by atoms with Crippen LogP contribution < -0.4 is 0 Å². The first-order valence-corrected chi connectivity index (χ1v) is 11.9. The van der Waals surface area contributed by atoms with Crippen LogP contribution in [0.2, 0.25) is 0 Å². The predicted octanol–water partition coefficient (Wildman–Crippen LogP) is 5.13. The third kappa shape index (κ3) is 5.72. The fourth-order valence-electron chi connectivity index (χ4n) is 4.12. The van der Waals surface area contributed by atoms with E-state index < -0.39 is 0 Å². The Morgan fingerprint density at radius 1 is 0.939 bits per heavy atom. The van der Waals surface area contributed by atoms with Gasteiger partial charge >= 0.3 is 0 Å². The van der Waals surface area contributed by atoms with Gasteiger partial charge in [-0.1, -0.05) is 55.8 Å². The van der Waals surface area contributed by atoms with Crippen LogP contribution in [0, 0.1) is 0 Å². The summed E-state index contributed by atoms with van der Waals surface area (Å²) in [6, 6.07) is 22.2. The Hall–Kier alpha value is -3.34. The number of benzene rings is 2. The molecular formula is C28H33N3O2. The molecule has 1 aliphatic carbocycles. The molecular weight excluding hydrogens is 410 g/mol. The molecule has 5 nitrogen and oxygen atoms in total. The van der Waals surface area contributed by atoms with Gasteiger partial charge in [-0.3, -0.25) is 9.59 Å². The SMILES string of the molecule is CCCCN(CC(=O)N(Cc1cccn1C)C1CC1)C(=O)c1ccc(-c2ccccc2)cc1. The summed E-state index contributed by atoms with van der Waals surface area (Å²) in [4.78, 5) is 30.4. The molecule has 2 amide bonds. The lowest BCUT2D eigenvalue weighted by atomic mass is 10.0. The van der Waals surface area contributed by atoms with Gasteiger partial charge in [-0.2, -0.15) is 0 Å². The summed E-state index contributed by atoms with van der Waals surface area (Å²) in [6.45, 7) is 3.41. The molecule has 0 saturated heterocycles. The average Bonchev–Trinajstić information content (AvgIpc) is 3.61. The van der Waals surface area contributed by atoms with Crippen LogP contribution in [0.25, 0.3) is 11.1 Å². The maximum atomic E-state index is 13.4. The zero-order chi connectivity index (χ0) is 23.2. The van der Waals surface area contributed by atoms with Crippen LogP contribution in [0.15, 0.2) is 72.9 Å². The summed E-state index contributed by atoms with van der Waals surface area (Å²) in [5.41, 5.74) is 3.93. The van der Waals surface area contributed by atoms with Gasteiger partial charge < -0.3 is 14.4 Å². The van der Waals surface area contributed by atoms with Gasteiger partial charge in [-0.25, -0.2) is 0 Å². The summed E-state index contributed by atoms with van der Waals surface area (Å²) in [6.07, 6.45) is 5.93. The molecule has 1 saturated carbocycles. The molecule has 0 atom stereocenters. The van der Waals surface area contributed by atoms with Crippen LogP contribution in [-0.2, 0) is 18.4 Å². The van der Waals surface area contributed by atoms with Gasteiger partial charge in [0.15, 0.2) is 0 Å². The number of rotatable bonds is 10. The zero-order valence-corrected chi connectivity index (χ0v) is 19.6. The largest absolute Gasteiger partial charge is 0.353 e. The average molecular weight is 444 g/mol. The van der Waals surface area contributed by atoms with Crippen molar-refractivity contribution in [3.63, 3.8) is 0 Å². The second-order valence-electron chi connectivity index (χ2n) is 8.89. The van der Waals surface area contributed by atoms with Crippen LogP contribution in [-0.4, -0.2) is 45.3 Å². The van der Waals surface area contributed by atoms with E-state index in [1.807, 2.05) is 66.7 Å². The van der Waals surface area contributed by atoms with Gasteiger partial charge in [-0.15, -0.1) is 0 Å². The number of carbonyl (C=O) groups is 2. The Labute approximate surface area is 196 Å². The first kappa shape index (κ1) is 22.8. The topological polar surface area (TPSA) is 45.6 Å². The predicted molar refractivity (Wildman–Crippen MR) is 132 cm³/mol. The van der Waals surface area contributed by atoms with Gasteiger partial charge in [0.05, 0.1) is 6.54 Å². The van der Waals surface area contributed by atoms with Crippen molar-refractivity contribution < 1.29 is 9.59 Å². The van der Waals surface area contributed by atoms with E-state index in [0.29, 0.717) is 24.7 Å². The minimum atomic E-state index is -0.0778. The second-order valence-corrected chi connectivity index (χ2v) is 8.89. The van der Waals surface area contributed by atoms with E-state index in [1.165, 1.54) is 0 Å². The Morgan fingerprint density at radius 3 is 2.24 bits per heavy atom. The second kappa shape index (κ2) is 10.5. The molecule has 2 aromatic carbocycles. The van der Waals surface area contributed by atoms with Gasteiger partial charge in [0.25, 0.3) is 5.91 Å². The lowest BCUT2D eigenvalue weighted by Crippen LogP contribution is -2.44. The maximum absolute atomic E-state index is 13.4. The number of hydrogen-bond acceptors (Lipinski definition) is 2. The molecule has 0 N–H and O–H groups in total. The normalized spacial score (nSPS) is 13.0. The number of amides is 2. The fourth-order valence-corrected chi connectivity index (χ4v) is 4.12. The highest BCUT2D eigenvalue weighted by Gasteiger charge is 2.34. The third-order valence-electron chi connectivity index (χ3n) is 6.33. The highest BCUT2D eigenvalue weighted by Crippen LogP contribution is 2.29. The van der Waals surface area contributed by atoms with Crippen molar-refractivity contribution in [2.24, 2.45) is 7.05 Å². The molecule has 5 heteroatoms. The molecule has 1 aromatic heterocycles. The Bertz CT molecular complexity index is 1070. The van der Waals surface area contributed by atoms with Gasteiger partial charge in [0.2, 0.25) is 5.91 Å². The lowest BCUT2D eigenvalue weighted by molar-refractivity contribution is -0.133. The summed E-state index contributed by atoms with van der Waals surface area (Å²) in [7, 11) is 2.00. The standard InChI is InChI=1S/C28H33N3O2/c1-3-4-19-30(21-27(32)31(25-16-17-25)20-26-11-8-18-29(26)2)28(33)24-14-12-23(13-15-24)22-9-6-5-7-10-22/h5-15,18,25H,3-4,16-17,19-21H2,1-2H3. The van der Waals surface area contributed by atoms with E-state index in [2.05, 4.69) is 29.7 Å². The van der Waals surface area contributed by atoms with Gasteiger partial charge in [0.1, 0.15) is 6.54 Å². The number of hydrogen-bond donors (Lipinski definition) is 0. The molecule has 0 unspecified atom stereocenters. The van der Waals surface area contributed by atoms with Gasteiger partial charge in [-0.05, 0) is 54.7 Å². The van der Waals surface area contributed by atoms with E-state index in [9.17, 15) is 9.59 Å². The number of carbonyl (C=O) groups excluding carboxylic acids is 2. The molecule has 0 spiro atoms. The van der Waals surface area contributed by atoms with Crippen LogP contribution in [0.3, 0.4) is 0 Å². The van der Waals surface area contributed by atoms with Crippen molar-refractivity contribution >= 4 is 11.8 Å². The number of unbranched alkanes of at least 4 members (excludes halogenated alkanes) is 1. The van der Waals surface area contributed by atoms with E-state index >= 15 is 0 Å². The maximum Gasteiger partial charge on any atom is 0.254 e. The molecule has 0 aliphatic heterocycles. The molecule has 1 heterocycles. The quantitative estimate of drug-likeness (QED) is 0.436. The van der Waals surface area contributed by atoms with Crippen LogP contribution >= 0.6 is 0 Å². The minimum absolute atomic E-state index is 0.0315. The molecule has 4 rings (SSSR count). The minimum Gasteiger partial charge on any atom is -0.353 e. The van der Waals surface area contributed by atoms with Crippen molar-refractivity contribution in [2.75, 3.05) is 13.1 Å². The first-order chi connectivity index (χ1) is 16.1. The molecule has 172 valence electrons. The molecule has 33 heavy (non-hydrogen) atoms. The zero-order valence-electron chi connectivity index (χ0n) is 19.6. The number of aryl methyl sites for hydroxylation is 1. The van der Waals surface area contributed by atoms with E-state index in [0.717, 1.165) is 42.5 Å². The first-order valence-electron chi connectivity index (χ1n) is 11.9. The van der Waals surface area contributed by atoms with Crippen molar-refractivity contribution in [1.82, 2.24) is 14.4 Å². The van der Waals surface area contributed by atoms with E-state index in [-0.39, 0.29) is 18.4 Å². The number of nitrogens with zero attached hydrogens (tertiary/aromatic N) is 3. The smallest absolute Gasteiger partial charge is 0.254 e.